The van der Waals surface area contributed by atoms with Crippen molar-refractivity contribution in [2.75, 3.05) is 20.6 Å². The lowest BCUT2D eigenvalue weighted by atomic mass is 10.2. The van der Waals surface area contributed by atoms with Crippen LogP contribution in [0, 0.1) is 6.92 Å². The second kappa shape index (κ2) is 8.29. The first kappa shape index (κ1) is 18.4. The number of thiophene rings is 1. The standard InChI is InChI=1S/C20H23N3O2S/c1-14-16(22-20(25-14)15-8-5-4-6-9-15)12-19(24)21-13-17(23(2)3)18-10-7-11-26-18/h4-11,17H,12-13H2,1-3H3,(H,21,24)/t17-/m0/s1. The number of nitrogens with one attached hydrogen (secondary N) is 1. The van der Waals surface area contributed by atoms with Crippen LogP contribution in [0.2, 0.25) is 0 Å². The molecule has 5 nitrogen and oxygen atoms in total. The summed E-state index contributed by atoms with van der Waals surface area (Å²) in [5.41, 5.74) is 1.59. The lowest BCUT2D eigenvalue weighted by Crippen LogP contribution is -2.35. The Bertz CT molecular complexity index is 841. The molecule has 0 fully saturated rings. The molecule has 2 heterocycles. The molecular formula is C20H23N3O2S. The van der Waals surface area contributed by atoms with E-state index in [-0.39, 0.29) is 18.4 Å². The molecule has 0 saturated heterocycles. The monoisotopic (exact) mass is 369 g/mol. The number of nitrogens with zero attached hydrogens (tertiary/aromatic N) is 2. The van der Waals surface area contributed by atoms with Gasteiger partial charge < -0.3 is 14.6 Å². The zero-order valence-corrected chi connectivity index (χ0v) is 16.0. The summed E-state index contributed by atoms with van der Waals surface area (Å²) in [5, 5.41) is 5.07. The predicted molar refractivity (Wildman–Crippen MR) is 104 cm³/mol. The van der Waals surface area contributed by atoms with Crippen LogP contribution in [0.3, 0.4) is 0 Å². The molecule has 0 bridgehead atoms. The van der Waals surface area contributed by atoms with Crippen LogP contribution in [0.15, 0.2) is 52.3 Å². The molecule has 0 unspecified atom stereocenters. The molecule has 1 atom stereocenters. The van der Waals surface area contributed by atoms with Crippen molar-refractivity contribution in [2.24, 2.45) is 0 Å². The van der Waals surface area contributed by atoms with Crippen molar-refractivity contribution < 1.29 is 9.21 Å². The minimum absolute atomic E-state index is 0.0515. The summed E-state index contributed by atoms with van der Waals surface area (Å²) < 4.78 is 5.73. The van der Waals surface area contributed by atoms with Crippen molar-refractivity contribution in [1.82, 2.24) is 15.2 Å². The summed E-state index contributed by atoms with van der Waals surface area (Å²) in [6.45, 7) is 2.41. The molecule has 0 spiro atoms. The molecule has 3 rings (SSSR count). The molecule has 0 aliphatic carbocycles. The third kappa shape index (κ3) is 4.39. The fourth-order valence-electron chi connectivity index (χ4n) is 2.74. The van der Waals surface area contributed by atoms with E-state index in [1.165, 1.54) is 4.88 Å². The Morgan fingerprint density at radius 3 is 2.65 bits per heavy atom. The highest BCUT2D eigenvalue weighted by atomic mass is 32.1. The molecule has 0 aliphatic rings. The van der Waals surface area contributed by atoms with E-state index in [9.17, 15) is 4.79 Å². The summed E-state index contributed by atoms with van der Waals surface area (Å²) in [6, 6.07) is 14.0. The molecule has 0 saturated carbocycles. The van der Waals surface area contributed by atoms with Gasteiger partial charge in [0.25, 0.3) is 0 Å². The molecule has 26 heavy (non-hydrogen) atoms. The Hall–Kier alpha value is -2.44. The van der Waals surface area contributed by atoms with Crippen molar-refractivity contribution in [3.05, 3.63) is 64.2 Å². The van der Waals surface area contributed by atoms with Crippen LogP contribution in [-0.4, -0.2) is 36.4 Å². The Balaban J connectivity index is 1.62. The molecule has 0 radical (unpaired) electrons. The van der Waals surface area contributed by atoms with Gasteiger partial charge in [-0.15, -0.1) is 11.3 Å². The molecular weight excluding hydrogens is 346 g/mol. The first-order valence-corrected chi connectivity index (χ1v) is 9.41. The number of carbonyl (C=O) groups excluding carboxylic acids is 1. The van der Waals surface area contributed by atoms with Crippen LogP contribution in [0.5, 0.6) is 0 Å². The van der Waals surface area contributed by atoms with Crippen LogP contribution < -0.4 is 5.32 Å². The number of aryl methyl sites for hydroxylation is 1. The third-order valence-electron chi connectivity index (χ3n) is 4.23. The maximum Gasteiger partial charge on any atom is 0.226 e. The third-order valence-corrected chi connectivity index (χ3v) is 5.20. The SMILES string of the molecule is Cc1oc(-c2ccccc2)nc1CC(=O)NC[C@@H](c1cccs1)N(C)C. The number of rotatable bonds is 7. The maximum atomic E-state index is 12.4. The average molecular weight is 369 g/mol. The van der Waals surface area contributed by atoms with E-state index in [4.69, 9.17) is 4.42 Å². The van der Waals surface area contributed by atoms with E-state index in [0.29, 0.717) is 23.9 Å². The quantitative estimate of drug-likeness (QED) is 0.690. The molecule has 3 aromatic rings. The van der Waals surface area contributed by atoms with Crippen molar-refractivity contribution in [2.45, 2.75) is 19.4 Å². The van der Waals surface area contributed by atoms with Crippen molar-refractivity contribution >= 4 is 17.2 Å². The van der Waals surface area contributed by atoms with Crippen molar-refractivity contribution in [3.8, 4) is 11.5 Å². The highest BCUT2D eigenvalue weighted by molar-refractivity contribution is 7.10. The van der Waals surface area contributed by atoms with E-state index < -0.39 is 0 Å². The minimum atomic E-state index is -0.0515. The zero-order valence-electron chi connectivity index (χ0n) is 15.2. The Morgan fingerprint density at radius 2 is 2.00 bits per heavy atom. The number of aromatic nitrogens is 1. The summed E-state index contributed by atoms with van der Waals surface area (Å²) >= 11 is 1.70. The number of amides is 1. The van der Waals surface area contributed by atoms with Gasteiger partial charge in [-0.25, -0.2) is 4.98 Å². The van der Waals surface area contributed by atoms with E-state index in [0.717, 1.165) is 5.56 Å². The van der Waals surface area contributed by atoms with Crippen molar-refractivity contribution in [1.29, 1.82) is 0 Å². The molecule has 6 heteroatoms. The summed E-state index contributed by atoms with van der Waals surface area (Å²) in [7, 11) is 4.04. The van der Waals surface area contributed by atoms with Gasteiger partial charge in [-0.05, 0) is 44.6 Å². The first-order chi connectivity index (χ1) is 12.5. The number of hydrogen-bond acceptors (Lipinski definition) is 5. The topological polar surface area (TPSA) is 58.4 Å². The van der Waals surface area contributed by atoms with Crippen molar-refractivity contribution in [3.63, 3.8) is 0 Å². The van der Waals surface area contributed by atoms with Gasteiger partial charge >= 0.3 is 0 Å². The molecule has 2 aromatic heterocycles. The molecule has 1 amide bonds. The largest absolute Gasteiger partial charge is 0.441 e. The average Bonchev–Trinajstić information content (AvgIpc) is 3.26. The van der Waals surface area contributed by atoms with Gasteiger partial charge in [-0.3, -0.25) is 4.79 Å². The van der Waals surface area contributed by atoms with Crippen LogP contribution >= 0.6 is 11.3 Å². The van der Waals surface area contributed by atoms with Gasteiger partial charge in [0.15, 0.2) is 0 Å². The number of hydrogen-bond donors (Lipinski definition) is 1. The zero-order chi connectivity index (χ0) is 18.5. The lowest BCUT2D eigenvalue weighted by molar-refractivity contribution is -0.120. The fraction of sp³-hybridized carbons (Fsp3) is 0.300. The predicted octanol–water partition coefficient (Wildman–Crippen LogP) is 3.67. The highest BCUT2D eigenvalue weighted by Crippen LogP contribution is 2.23. The smallest absolute Gasteiger partial charge is 0.226 e. The van der Waals surface area contributed by atoms with Crippen LogP contribution in [0.4, 0.5) is 0 Å². The molecule has 136 valence electrons. The molecule has 0 aliphatic heterocycles. The summed E-state index contributed by atoms with van der Waals surface area (Å²) in [6.07, 6.45) is 0.215. The van der Waals surface area contributed by atoms with E-state index >= 15 is 0 Å². The lowest BCUT2D eigenvalue weighted by Gasteiger charge is -2.23. The number of benzene rings is 1. The Kier molecular flexibility index (Phi) is 5.85. The summed E-state index contributed by atoms with van der Waals surface area (Å²) in [4.78, 5) is 20.2. The van der Waals surface area contributed by atoms with E-state index in [1.54, 1.807) is 11.3 Å². The normalized spacial score (nSPS) is 12.3. The number of likely N-dealkylation sites (N-methyl/N-ethyl adjacent to an activating group) is 1. The first-order valence-electron chi connectivity index (χ1n) is 8.53. The second-order valence-corrected chi connectivity index (χ2v) is 7.34. The Labute approximate surface area is 157 Å². The van der Waals surface area contributed by atoms with Gasteiger partial charge in [-0.2, -0.15) is 0 Å². The van der Waals surface area contributed by atoms with Gasteiger partial charge in [-0.1, -0.05) is 24.3 Å². The minimum Gasteiger partial charge on any atom is -0.441 e. The van der Waals surface area contributed by atoms with Crippen LogP contribution in [-0.2, 0) is 11.2 Å². The number of carbonyl (C=O) groups is 1. The van der Waals surface area contributed by atoms with Gasteiger partial charge in [0, 0.05) is 17.0 Å². The maximum absolute atomic E-state index is 12.4. The van der Waals surface area contributed by atoms with Gasteiger partial charge in [0.2, 0.25) is 11.8 Å². The summed E-state index contributed by atoms with van der Waals surface area (Å²) in [5.74, 6) is 1.18. The van der Waals surface area contributed by atoms with E-state index in [2.05, 4.69) is 26.6 Å². The highest BCUT2D eigenvalue weighted by Gasteiger charge is 2.18. The number of oxazole rings is 1. The van der Waals surface area contributed by atoms with Crippen LogP contribution in [0.1, 0.15) is 22.4 Å². The molecule has 1 N–H and O–H groups in total. The van der Waals surface area contributed by atoms with E-state index in [1.807, 2.05) is 57.4 Å². The Morgan fingerprint density at radius 1 is 1.23 bits per heavy atom. The van der Waals surface area contributed by atoms with Gasteiger partial charge in [0.1, 0.15) is 5.76 Å². The fourth-order valence-corrected chi connectivity index (χ4v) is 3.66. The van der Waals surface area contributed by atoms with Gasteiger partial charge in [0.05, 0.1) is 18.2 Å². The molecule has 1 aromatic carbocycles. The second-order valence-electron chi connectivity index (χ2n) is 6.36. The van der Waals surface area contributed by atoms with Crippen LogP contribution in [0.25, 0.3) is 11.5 Å².